The Morgan fingerprint density at radius 2 is 1.62 bits per heavy atom. The molecule has 4 rings (SSSR count). The molecule has 24 heteroatoms. The zero-order valence-corrected chi connectivity index (χ0v) is 29.8. The normalized spacial score (nSPS) is 37.4. The summed E-state index contributed by atoms with van der Waals surface area (Å²) in [6.07, 6.45) is -16.8. The van der Waals surface area contributed by atoms with Crippen molar-refractivity contribution >= 4 is 35.4 Å². The second-order valence-electron chi connectivity index (χ2n) is 13.3. The van der Waals surface area contributed by atoms with Gasteiger partial charge in [0.05, 0.1) is 31.0 Å². The molecule has 3 aliphatic rings. The SMILES string of the molecule is C[C@H]1O[C@@H](O[C@@H]2C(O)[C@H](O)C(N=C(N)N)C(O)[C@@H]2N=C(N)N)C(O[C@@H]2OC(CO)[C@H](O)[C@H](O)C2N(C)CCNC(=O)Nc2cccc(N=C=O)c2)[C@]1(O)CO. The van der Waals surface area contributed by atoms with E-state index in [-0.39, 0.29) is 18.8 Å². The number of anilines is 1. The van der Waals surface area contributed by atoms with Crippen LogP contribution in [0.2, 0.25) is 0 Å². The fourth-order valence-electron chi connectivity index (χ4n) is 6.69. The minimum atomic E-state index is -2.27. The van der Waals surface area contributed by atoms with Gasteiger partial charge in [-0.3, -0.25) is 4.90 Å². The first kappa shape index (κ1) is 43.6. The largest absolute Gasteiger partial charge is 0.394 e. The summed E-state index contributed by atoms with van der Waals surface area (Å²) in [5, 5.41) is 92.4. The second kappa shape index (κ2) is 18.7. The highest BCUT2D eigenvalue weighted by molar-refractivity contribution is 5.89. The maximum atomic E-state index is 12.6. The summed E-state index contributed by atoms with van der Waals surface area (Å²) < 4.78 is 23.9. The fraction of sp³-hybridized carbons (Fsp3) is 0.677. The van der Waals surface area contributed by atoms with Crippen molar-refractivity contribution in [1.29, 1.82) is 0 Å². The number of nitrogens with zero attached hydrogens (tertiary/aromatic N) is 4. The first-order chi connectivity index (χ1) is 26.0. The maximum absolute atomic E-state index is 12.6. The van der Waals surface area contributed by atoms with Crippen LogP contribution in [0.3, 0.4) is 0 Å². The number of carbonyl (C=O) groups is 1. The molecule has 24 nitrogen and oxygen atoms in total. The molecule has 0 aromatic heterocycles. The van der Waals surface area contributed by atoms with Crippen molar-refractivity contribution in [2.24, 2.45) is 37.9 Å². The van der Waals surface area contributed by atoms with Crippen LogP contribution in [0.25, 0.3) is 0 Å². The number of isocyanates is 1. The Balaban J connectivity index is 1.57. The van der Waals surface area contributed by atoms with E-state index < -0.39 is 122 Å². The van der Waals surface area contributed by atoms with Crippen LogP contribution in [0, 0.1) is 0 Å². The highest BCUT2D eigenvalue weighted by Gasteiger charge is 2.60. The lowest BCUT2D eigenvalue weighted by Gasteiger charge is -2.48. The van der Waals surface area contributed by atoms with Gasteiger partial charge in [-0.1, -0.05) is 6.07 Å². The molecule has 1 aliphatic carbocycles. The van der Waals surface area contributed by atoms with Crippen molar-refractivity contribution in [3.05, 3.63) is 24.3 Å². The third-order valence-electron chi connectivity index (χ3n) is 9.66. The van der Waals surface area contributed by atoms with Gasteiger partial charge in [0.15, 0.2) is 24.5 Å². The summed E-state index contributed by atoms with van der Waals surface area (Å²) in [5.41, 5.74) is 20.4. The number of aliphatic hydroxyl groups excluding tert-OH is 7. The molecule has 1 aromatic rings. The predicted octanol–water partition coefficient (Wildman–Crippen LogP) is -6.87. The molecule has 0 radical (unpaired) electrons. The second-order valence-corrected chi connectivity index (χ2v) is 13.3. The average Bonchev–Trinajstić information content (AvgIpc) is 3.36. The molecule has 2 amide bonds. The number of nitrogens with two attached hydrogens (primary N) is 4. The number of amides is 2. The number of hydrogen-bond acceptors (Lipinski definition) is 18. The molecule has 55 heavy (non-hydrogen) atoms. The highest BCUT2D eigenvalue weighted by atomic mass is 16.8. The average molecular weight is 787 g/mol. The Bertz CT molecular complexity index is 1560. The molecule has 2 saturated heterocycles. The summed E-state index contributed by atoms with van der Waals surface area (Å²) in [6, 6.07) is 1.13. The Morgan fingerprint density at radius 1 is 0.945 bits per heavy atom. The van der Waals surface area contributed by atoms with Gasteiger partial charge in [-0.2, -0.15) is 4.99 Å². The topological polar surface area (TPSA) is 401 Å². The third-order valence-corrected chi connectivity index (χ3v) is 9.66. The number of ether oxygens (including phenoxy) is 4. The van der Waals surface area contributed by atoms with Crippen LogP contribution in [0.1, 0.15) is 6.92 Å². The number of aliphatic hydroxyl groups is 8. The minimum Gasteiger partial charge on any atom is -0.394 e. The summed E-state index contributed by atoms with van der Waals surface area (Å²) in [7, 11) is 1.49. The van der Waals surface area contributed by atoms with Gasteiger partial charge in [0, 0.05) is 18.8 Å². The van der Waals surface area contributed by atoms with E-state index in [1.54, 1.807) is 12.1 Å². The molecular formula is C31H50N10O14. The van der Waals surface area contributed by atoms with Crippen LogP contribution in [0.15, 0.2) is 39.2 Å². The first-order valence-corrected chi connectivity index (χ1v) is 17.0. The van der Waals surface area contributed by atoms with E-state index in [0.29, 0.717) is 5.69 Å². The molecule has 0 bridgehead atoms. The van der Waals surface area contributed by atoms with E-state index >= 15 is 0 Å². The number of likely N-dealkylation sites (N-methyl/N-ethyl adjacent to an activating group) is 1. The summed E-state index contributed by atoms with van der Waals surface area (Å²) in [5.74, 6) is -1.08. The van der Waals surface area contributed by atoms with Crippen LogP contribution in [0.5, 0.6) is 0 Å². The molecule has 308 valence electrons. The molecule has 1 saturated carbocycles. The van der Waals surface area contributed by atoms with Gasteiger partial charge < -0.3 is 93.4 Å². The van der Waals surface area contributed by atoms with Crippen LogP contribution in [-0.4, -0.2) is 194 Å². The van der Waals surface area contributed by atoms with Crippen molar-refractivity contribution in [3.8, 4) is 0 Å². The number of hydrogen-bond donors (Lipinski definition) is 14. The van der Waals surface area contributed by atoms with Crippen LogP contribution in [0.4, 0.5) is 16.2 Å². The van der Waals surface area contributed by atoms with Crippen LogP contribution in [-0.2, 0) is 23.7 Å². The van der Waals surface area contributed by atoms with Crippen LogP contribution < -0.4 is 33.6 Å². The zero-order valence-electron chi connectivity index (χ0n) is 29.8. The number of nitrogens with one attached hydrogen (secondary N) is 2. The van der Waals surface area contributed by atoms with Crippen molar-refractivity contribution in [2.75, 3.05) is 38.7 Å². The van der Waals surface area contributed by atoms with Crippen LogP contribution >= 0.6 is 0 Å². The Labute approximate surface area is 314 Å². The molecule has 1 aromatic carbocycles. The molecule has 2 heterocycles. The molecule has 0 spiro atoms. The molecule has 18 N–H and O–H groups in total. The Kier molecular flexibility index (Phi) is 14.8. The van der Waals surface area contributed by atoms with Crippen molar-refractivity contribution in [1.82, 2.24) is 10.2 Å². The summed E-state index contributed by atoms with van der Waals surface area (Å²) >= 11 is 0. The van der Waals surface area contributed by atoms with Crippen molar-refractivity contribution in [3.63, 3.8) is 0 Å². The molecule has 15 atom stereocenters. The number of rotatable bonds is 14. The van der Waals surface area contributed by atoms with Gasteiger partial charge in [0.1, 0.15) is 66.5 Å². The smallest absolute Gasteiger partial charge is 0.319 e. The van der Waals surface area contributed by atoms with Crippen molar-refractivity contribution < 1.29 is 69.4 Å². The number of aliphatic imine (C=N–C) groups is 3. The van der Waals surface area contributed by atoms with E-state index in [2.05, 4.69) is 25.6 Å². The fourth-order valence-corrected chi connectivity index (χ4v) is 6.69. The molecule has 6 unspecified atom stereocenters. The highest BCUT2D eigenvalue weighted by Crippen LogP contribution is 2.39. The van der Waals surface area contributed by atoms with E-state index in [0.717, 1.165) is 0 Å². The third kappa shape index (κ3) is 9.83. The van der Waals surface area contributed by atoms with Gasteiger partial charge in [0.25, 0.3) is 0 Å². The number of benzene rings is 1. The standard InChI is InChI=1S/C31H50N10O14/c1-12-31(51,10-43)25(27(52-12)54-24-17(40-29(34)35)20(46)16(39-28(32)33)21(47)23(24)49)55-26-18(22(48)19(45)15(9-42)53-26)41(2)7-6-36-30(50)38-14-5-3-4-13(8-14)37-11-44/h3-5,8,12,15-27,42-43,45-49,51H,6-7,9-10H2,1-2H3,(H4,32,33,39)(H4,34,35,40)(H2,36,38,50)/t12-,15?,16?,17+,18?,19+,20?,21-,22-,23?,24+,25?,26+,27+,31+/m1/s1. The lowest BCUT2D eigenvalue weighted by molar-refractivity contribution is -0.327. The first-order valence-electron chi connectivity index (χ1n) is 17.0. The van der Waals surface area contributed by atoms with E-state index in [4.69, 9.17) is 41.9 Å². The lowest BCUT2D eigenvalue weighted by Crippen LogP contribution is -2.67. The van der Waals surface area contributed by atoms with Crippen molar-refractivity contribution in [2.45, 2.75) is 98.2 Å². The van der Waals surface area contributed by atoms with E-state index in [1.165, 1.54) is 37.1 Å². The molecule has 2 aliphatic heterocycles. The maximum Gasteiger partial charge on any atom is 0.319 e. The summed E-state index contributed by atoms with van der Waals surface area (Å²) in [4.78, 5) is 35.8. The van der Waals surface area contributed by atoms with Gasteiger partial charge in [0.2, 0.25) is 6.08 Å². The number of guanidine groups is 2. The monoisotopic (exact) mass is 786 g/mol. The van der Waals surface area contributed by atoms with Gasteiger partial charge in [-0.25, -0.2) is 19.6 Å². The quantitative estimate of drug-likeness (QED) is 0.0473. The van der Waals surface area contributed by atoms with E-state index in [1.807, 2.05) is 0 Å². The predicted molar refractivity (Wildman–Crippen MR) is 189 cm³/mol. The van der Waals surface area contributed by atoms with Gasteiger partial charge in [-0.15, -0.1) is 0 Å². The molecular weight excluding hydrogens is 736 g/mol. The van der Waals surface area contributed by atoms with Gasteiger partial charge >= 0.3 is 6.03 Å². The zero-order chi connectivity index (χ0) is 40.8. The van der Waals surface area contributed by atoms with Gasteiger partial charge in [-0.05, 0) is 32.2 Å². The number of carbonyl (C=O) groups excluding carboxylic acids is 2. The lowest BCUT2D eigenvalue weighted by atomic mass is 9.81. The minimum absolute atomic E-state index is 0.00663. The number of urea groups is 1. The van der Waals surface area contributed by atoms with E-state index in [9.17, 15) is 50.4 Å². The Hall–Kier alpha value is -4.11. The molecule has 3 fully saturated rings. The summed E-state index contributed by atoms with van der Waals surface area (Å²) in [6.45, 7) is -0.461. The Morgan fingerprint density at radius 3 is 2.24 bits per heavy atom.